The fourth-order valence-corrected chi connectivity index (χ4v) is 5.41. The van der Waals surface area contributed by atoms with Crippen molar-refractivity contribution >= 4 is 12.6 Å². The smallest absolute Gasteiger partial charge is 0.00110 e. The van der Waals surface area contributed by atoms with E-state index in [0.29, 0.717) is 0 Å². The second kappa shape index (κ2) is 17.0. The largest absolute Gasteiger partial charge is 0.303 e. The average molecular weight is 412 g/mol. The Morgan fingerprint density at radius 3 is 2.07 bits per heavy atom. The summed E-state index contributed by atoms with van der Waals surface area (Å²) in [6.07, 6.45) is 19.9. The van der Waals surface area contributed by atoms with E-state index in [2.05, 4.69) is 45.2 Å². The normalized spacial score (nSPS) is 19.6. The van der Waals surface area contributed by atoms with Crippen LogP contribution in [0, 0.1) is 23.7 Å². The summed E-state index contributed by atoms with van der Waals surface area (Å²) in [5.41, 5.74) is 0. The number of thiol groups is 1. The summed E-state index contributed by atoms with van der Waals surface area (Å²) < 4.78 is 0. The summed E-state index contributed by atoms with van der Waals surface area (Å²) in [4.78, 5) is 2.68. The van der Waals surface area contributed by atoms with Crippen molar-refractivity contribution in [1.29, 1.82) is 0 Å². The standard InChI is InChI=1S/C26H53NS/c1-5-7-9-11-13-23(3)15-16-25(14-10-8-6-2)24(4)26-17-20-27(21-18-26)19-12-22-28/h23-26,28H,5-22H2,1-4H3. The van der Waals surface area contributed by atoms with Crippen LogP contribution < -0.4 is 0 Å². The highest BCUT2D eigenvalue weighted by Crippen LogP contribution is 2.36. The van der Waals surface area contributed by atoms with Crippen molar-refractivity contribution in [3.05, 3.63) is 0 Å². The Morgan fingerprint density at radius 2 is 1.43 bits per heavy atom. The zero-order valence-corrected chi connectivity index (χ0v) is 20.8. The molecule has 0 aliphatic carbocycles. The molecule has 1 rings (SSSR count). The minimum atomic E-state index is 0.927. The van der Waals surface area contributed by atoms with E-state index >= 15 is 0 Å². The Balaban J connectivity index is 2.42. The second-order valence-electron chi connectivity index (χ2n) is 9.90. The van der Waals surface area contributed by atoms with Gasteiger partial charge in [0.15, 0.2) is 0 Å². The summed E-state index contributed by atoms with van der Waals surface area (Å²) in [5, 5.41) is 0. The first-order valence-electron chi connectivity index (χ1n) is 12.9. The first-order chi connectivity index (χ1) is 13.6. The Kier molecular flexibility index (Phi) is 16.0. The molecule has 0 N–H and O–H groups in total. The van der Waals surface area contributed by atoms with Crippen LogP contribution in [0.3, 0.4) is 0 Å². The number of likely N-dealkylation sites (tertiary alicyclic amines) is 1. The summed E-state index contributed by atoms with van der Waals surface area (Å²) in [5.74, 6) is 4.83. The molecule has 1 aliphatic rings. The van der Waals surface area contributed by atoms with E-state index < -0.39 is 0 Å². The van der Waals surface area contributed by atoms with E-state index in [1.54, 1.807) is 0 Å². The van der Waals surface area contributed by atoms with E-state index in [-0.39, 0.29) is 0 Å². The topological polar surface area (TPSA) is 3.24 Å². The van der Waals surface area contributed by atoms with Gasteiger partial charge in [-0.05, 0) is 74.7 Å². The molecule has 168 valence electrons. The lowest BCUT2D eigenvalue weighted by Gasteiger charge is -2.38. The van der Waals surface area contributed by atoms with Crippen LogP contribution in [-0.2, 0) is 0 Å². The number of rotatable bonds is 17. The molecular formula is C26H53NS. The van der Waals surface area contributed by atoms with Crippen molar-refractivity contribution in [2.45, 2.75) is 118 Å². The van der Waals surface area contributed by atoms with Gasteiger partial charge in [0.1, 0.15) is 0 Å². The lowest BCUT2D eigenvalue weighted by molar-refractivity contribution is 0.115. The van der Waals surface area contributed by atoms with Crippen LogP contribution in [0.1, 0.15) is 118 Å². The highest BCUT2D eigenvalue weighted by molar-refractivity contribution is 7.80. The van der Waals surface area contributed by atoms with Gasteiger partial charge < -0.3 is 4.90 Å². The molecule has 0 saturated carbocycles. The first-order valence-corrected chi connectivity index (χ1v) is 13.6. The van der Waals surface area contributed by atoms with E-state index in [9.17, 15) is 0 Å². The van der Waals surface area contributed by atoms with Crippen molar-refractivity contribution in [2.24, 2.45) is 23.7 Å². The molecule has 0 spiro atoms. The Labute approximate surface area is 184 Å². The van der Waals surface area contributed by atoms with Gasteiger partial charge in [0.2, 0.25) is 0 Å². The molecule has 1 heterocycles. The fraction of sp³-hybridized carbons (Fsp3) is 1.00. The quantitative estimate of drug-likeness (QED) is 0.186. The minimum Gasteiger partial charge on any atom is -0.303 e. The van der Waals surface area contributed by atoms with Crippen LogP contribution in [0.4, 0.5) is 0 Å². The third kappa shape index (κ3) is 11.5. The Bertz CT molecular complexity index is 337. The molecule has 0 amide bonds. The molecule has 0 aromatic carbocycles. The second-order valence-corrected chi connectivity index (χ2v) is 10.4. The summed E-state index contributed by atoms with van der Waals surface area (Å²) in [7, 11) is 0. The zero-order chi connectivity index (χ0) is 20.6. The van der Waals surface area contributed by atoms with Gasteiger partial charge in [-0.15, -0.1) is 0 Å². The molecule has 1 aliphatic heterocycles. The Hall–Kier alpha value is 0.310. The monoisotopic (exact) mass is 411 g/mol. The van der Waals surface area contributed by atoms with Gasteiger partial charge in [-0.1, -0.05) is 91.9 Å². The van der Waals surface area contributed by atoms with E-state index in [1.807, 2.05) is 0 Å². The van der Waals surface area contributed by atoms with Crippen molar-refractivity contribution in [1.82, 2.24) is 4.90 Å². The van der Waals surface area contributed by atoms with Crippen molar-refractivity contribution in [3.63, 3.8) is 0 Å². The Morgan fingerprint density at radius 1 is 0.786 bits per heavy atom. The molecule has 0 aromatic heterocycles. The third-order valence-electron chi connectivity index (χ3n) is 7.51. The average Bonchev–Trinajstić information content (AvgIpc) is 2.72. The number of hydrogen-bond acceptors (Lipinski definition) is 2. The van der Waals surface area contributed by atoms with Crippen molar-refractivity contribution in [2.75, 3.05) is 25.4 Å². The molecule has 0 aromatic rings. The van der Waals surface area contributed by atoms with Gasteiger partial charge in [-0.25, -0.2) is 0 Å². The molecular weight excluding hydrogens is 358 g/mol. The lowest BCUT2D eigenvalue weighted by Crippen LogP contribution is -2.37. The fourth-order valence-electron chi connectivity index (χ4n) is 5.27. The summed E-state index contributed by atoms with van der Waals surface area (Å²) >= 11 is 4.38. The number of nitrogens with zero attached hydrogens (tertiary/aromatic N) is 1. The minimum absolute atomic E-state index is 0.927. The highest BCUT2D eigenvalue weighted by Gasteiger charge is 2.28. The maximum atomic E-state index is 4.38. The molecule has 2 heteroatoms. The molecule has 3 unspecified atom stereocenters. The van der Waals surface area contributed by atoms with Crippen LogP contribution in [0.15, 0.2) is 0 Å². The number of hydrogen-bond donors (Lipinski definition) is 1. The van der Waals surface area contributed by atoms with Crippen LogP contribution in [0.2, 0.25) is 0 Å². The third-order valence-corrected chi connectivity index (χ3v) is 7.83. The number of piperidine rings is 1. The van der Waals surface area contributed by atoms with Crippen LogP contribution in [-0.4, -0.2) is 30.3 Å². The van der Waals surface area contributed by atoms with Gasteiger partial charge in [0.25, 0.3) is 0 Å². The summed E-state index contributed by atoms with van der Waals surface area (Å²) in [6, 6.07) is 0. The summed E-state index contributed by atoms with van der Waals surface area (Å²) in [6.45, 7) is 13.7. The predicted molar refractivity (Wildman–Crippen MR) is 132 cm³/mol. The van der Waals surface area contributed by atoms with E-state index in [4.69, 9.17) is 0 Å². The van der Waals surface area contributed by atoms with Gasteiger partial charge in [-0.2, -0.15) is 12.6 Å². The van der Waals surface area contributed by atoms with Crippen LogP contribution in [0.25, 0.3) is 0 Å². The zero-order valence-electron chi connectivity index (χ0n) is 19.9. The van der Waals surface area contributed by atoms with E-state index in [0.717, 1.165) is 29.4 Å². The van der Waals surface area contributed by atoms with Gasteiger partial charge in [0, 0.05) is 0 Å². The first kappa shape index (κ1) is 26.3. The molecule has 1 fully saturated rings. The molecule has 1 saturated heterocycles. The molecule has 0 bridgehead atoms. The lowest BCUT2D eigenvalue weighted by atomic mass is 9.73. The van der Waals surface area contributed by atoms with Gasteiger partial charge in [0.05, 0.1) is 0 Å². The molecule has 3 atom stereocenters. The van der Waals surface area contributed by atoms with E-state index in [1.165, 1.54) is 110 Å². The van der Waals surface area contributed by atoms with Crippen molar-refractivity contribution in [3.8, 4) is 0 Å². The highest BCUT2D eigenvalue weighted by atomic mass is 32.1. The van der Waals surface area contributed by atoms with Gasteiger partial charge in [-0.3, -0.25) is 0 Å². The molecule has 28 heavy (non-hydrogen) atoms. The maximum Gasteiger partial charge on any atom is -0.00110 e. The number of unbranched alkanes of at least 4 members (excludes halogenated alkanes) is 5. The van der Waals surface area contributed by atoms with Gasteiger partial charge >= 0.3 is 0 Å². The SMILES string of the molecule is CCCCCCC(C)CCC(CCCCC)C(C)C1CCN(CCCS)CC1. The maximum absolute atomic E-state index is 4.38. The molecule has 0 radical (unpaired) electrons. The van der Waals surface area contributed by atoms with Crippen LogP contribution >= 0.6 is 12.6 Å². The molecule has 1 nitrogen and oxygen atoms in total. The van der Waals surface area contributed by atoms with Crippen LogP contribution in [0.5, 0.6) is 0 Å². The predicted octanol–water partition coefficient (Wildman–Crippen LogP) is 8.24. The van der Waals surface area contributed by atoms with Crippen molar-refractivity contribution < 1.29 is 0 Å².